The van der Waals surface area contributed by atoms with Gasteiger partial charge in [-0.3, -0.25) is 4.90 Å². The SMILES string of the molecule is CCN1CCN(C(CN)c2sccc2Br)CC1. The van der Waals surface area contributed by atoms with Crippen molar-refractivity contribution in [1.82, 2.24) is 9.80 Å². The van der Waals surface area contributed by atoms with Crippen molar-refractivity contribution in [3.8, 4) is 0 Å². The molecule has 0 bridgehead atoms. The van der Waals surface area contributed by atoms with Crippen molar-refractivity contribution in [2.75, 3.05) is 39.3 Å². The first kappa shape index (κ1) is 13.5. The molecular formula is C12H20BrN3S. The highest BCUT2D eigenvalue weighted by atomic mass is 79.9. The van der Waals surface area contributed by atoms with E-state index in [-0.39, 0.29) is 0 Å². The number of hydrogen-bond acceptors (Lipinski definition) is 4. The van der Waals surface area contributed by atoms with Gasteiger partial charge in [-0.15, -0.1) is 11.3 Å². The summed E-state index contributed by atoms with van der Waals surface area (Å²) in [5.74, 6) is 0. The largest absolute Gasteiger partial charge is 0.329 e. The number of piperazine rings is 1. The molecule has 3 nitrogen and oxygen atoms in total. The van der Waals surface area contributed by atoms with E-state index >= 15 is 0 Å². The van der Waals surface area contributed by atoms with Crippen LogP contribution >= 0.6 is 27.3 Å². The topological polar surface area (TPSA) is 32.5 Å². The molecule has 96 valence electrons. The number of nitrogens with two attached hydrogens (primary N) is 1. The Balaban J connectivity index is 2.03. The van der Waals surface area contributed by atoms with Crippen molar-refractivity contribution >= 4 is 27.3 Å². The Bertz CT molecular complexity index is 347. The van der Waals surface area contributed by atoms with E-state index in [1.165, 1.54) is 9.35 Å². The van der Waals surface area contributed by atoms with Gasteiger partial charge in [-0.05, 0) is 33.9 Å². The Labute approximate surface area is 116 Å². The van der Waals surface area contributed by atoms with Crippen molar-refractivity contribution < 1.29 is 0 Å². The second-order valence-electron chi connectivity index (χ2n) is 4.35. The molecule has 0 amide bonds. The Kier molecular flexibility index (Phi) is 4.99. The lowest BCUT2D eigenvalue weighted by Crippen LogP contribution is -2.48. The van der Waals surface area contributed by atoms with Gasteiger partial charge in [-0.25, -0.2) is 0 Å². The number of rotatable bonds is 4. The van der Waals surface area contributed by atoms with Crippen molar-refractivity contribution in [2.45, 2.75) is 13.0 Å². The van der Waals surface area contributed by atoms with Gasteiger partial charge in [0.1, 0.15) is 0 Å². The summed E-state index contributed by atoms with van der Waals surface area (Å²) in [7, 11) is 0. The lowest BCUT2D eigenvalue weighted by Gasteiger charge is -2.38. The van der Waals surface area contributed by atoms with Gasteiger partial charge in [0.25, 0.3) is 0 Å². The quantitative estimate of drug-likeness (QED) is 0.923. The molecule has 1 unspecified atom stereocenters. The van der Waals surface area contributed by atoms with Crippen molar-refractivity contribution in [3.05, 3.63) is 20.8 Å². The third-order valence-electron chi connectivity index (χ3n) is 3.47. The predicted molar refractivity (Wildman–Crippen MR) is 77.5 cm³/mol. The smallest absolute Gasteiger partial charge is 0.0576 e. The standard InChI is InChI=1S/C12H20BrN3S/c1-2-15-4-6-16(7-5-15)11(9-14)12-10(13)3-8-17-12/h3,8,11H,2,4-7,9,14H2,1H3. The maximum absolute atomic E-state index is 5.96. The van der Waals surface area contributed by atoms with Crippen LogP contribution in [0.25, 0.3) is 0 Å². The van der Waals surface area contributed by atoms with Gasteiger partial charge in [0.05, 0.1) is 6.04 Å². The number of hydrogen-bond donors (Lipinski definition) is 1. The van der Waals surface area contributed by atoms with Gasteiger partial charge in [0.15, 0.2) is 0 Å². The molecule has 0 saturated carbocycles. The molecule has 0 radical (unpaired) electrons. The van der Waals surface area contributed by atoms with E-state index in [1.807, 2.05) is 0 Å². The number of likely N-dealkylation sites (N-methyl/N-ethyl adjacent to an activating group) is 1. The Morgan fingerprint density at radius 1 is 1.41 bits per heavy atom. The molecular weight excluding hydrogens is 298 g/mol. The van der Waals surface area contributed by atoms with Crippen molar-refractivity contribution in [3.63, 3.8) is 0 Å². The molecule has 0 spiro atoms. The highest BCUT2D eigenvalue weighted by Crippen LogP contribution is 2.32. The van der Waals surface area contributed by atoms with Crippen LogP contribution in [0.4, 0.5) is 0 Å². The number of halogens is 1. The molecule has 1 aromatic rings. The van der Waals surface area contributed by atoms with Gasteiger partial charge in [0, 0.05) is 42.1 Å². The highest BCUT2D eigenvalue weighted by molar-refractivity contribution is 9.10. The van der Waals surface area contributed by atoms with Crippen LogP contribution < -0.4 is 5.73 Å². The van der Waals surface area contributed by atoms with Gasteiger partial charge in [-0.2, -0.15) is 0 Å². The Morgan fingerprint density at radius 3 is 2.59 bits per heavy atom. The van der Waals surface area contributed by atoms with Crippen LogP contribution in [0, 0.1) is 0 Å². The molecule has 17 heavy (non-hydrogen) atoms. The van der Waals surface area contributed by atoms with E-state index in [4.69, 9.17) is 5.73 Å². The van der Waals surface area contributed by atoms with E-state index in [0.29, 0.717) is 12.6 Å². The molecule has 1 saturated heterocycles. The summed E-state index contributed by atoms with van der Waals surface area (Å²) in [4.78, 5) is 6.38. The molecule has 0 aromatic carbocycles. The third-order valence-corrected chi connectivity index (χ3v) is 5.44. The summed E-state index contributed by atoms with van der Waals surface area (Å²) in [5, 5.41) is 2.13. The van der Waals surface area contributed by atoms with E-state index in [0.717, 1.165) is 32.7 Å². The first-order valence-corrected chi connectivity index (χ1v) is 7.83. The maximum atomic E-state index is 5.96. The summed E-state index contributed by atoms with van der Waals surface area (Å²) in [5.41, 5.74) is 5.96. The summed E-state index contributed by atoms with van der Waals surface area (Å²) >= 11 is 5.42. The fourth-order valence-corrected chi connectivity index (χ4v) is 4.14. The minimum Gasteiger partial charge on any atom is -0.329 e. The maximum Gasteiger partial charge on any atom is 0.0576 e. The van der Waals surface area contributed by atoms with Crippen LogP contribution in [0.2, 0.25) is 0 Å². The van der Waals surface area contributed by atoms with E-state index < -0.39 is 0 Å². The number of thiophene rings is 1. The third kappa shape index (κ3) is 3.09. The van der Waals surface area contributed by atoms with E-state index in [2.05, 4.69) is 44.1 Å². The molecule has 1 aromatic heterocycles. The van der Waals surface area contributed by atoms with Crippen LogP contribution in [-0.4, -0.2) is 49.1 Å². The van der Waals surface area contributed by atoms with Crippen LogP contribution in [-0.2, 0) is 0 Å². The zero-order chi connectivity index (χ0) is 12.3. The lowest BCUT2D eigenvalue weighted by atomic mass is 10.1. The molecule has 1 atom stereocenters. The highest BCUT2D eigenvalue weighted by Gasteiger charge is 2.25. The Morgan fingerprint density at radius 2 is 2.12 bits per heavy atom. The zero-order valence-electron chi connectivity index (χ0n) is 10.2. The van der Waals surface area contributed by atoms with Crippen molar-refractivity contribution in [2.24, 2.45) is 5.73 Å². The minimum atomic E-state index is 0.378. The fourth-order valence-electron chi connectivity index (χ4n) is 2.36. The lowest BCUT2D eigenvalue weighted by molar-refractivity contribution is 0.103. The zero-order valence-corrected chi connectivity index (χ0v) is 12.6. The van der Waals surface area contributed by atoms with Gasteiger partial charge < -0.3 is 10.6 Å². The van der Waals surface area contributed by atoms with Gasteiger partial charge in [-0.1, -0.05) is 6.92 Å². The molecule has 2 heterocycles. The Hall–Kier alpha value is 0.0600. The molecule has 1 fully saturated rings. The van der Waals surface area contributed by atoms with Crippen LogP contribution in [0.3, 0.4) is 0 Å². The summed E-state index contributed by atoms with van der Waals surface area (Å²) < 4.78 is 1.20. The molecule has 2 rings (SSSR count). The van der Waals surface area contributed by atoms with Crippen LogP contribution in [0.1, 0.15) is 17.8 Å². The summed E-state index contributed by atoms with van der Waals surface area (Å²) in [6.45, 7) is 8.66. The second kappa shape index (κ2) is 6.29. The molecule has 2 N–H and O–H groups in total. The van der Waals surface area contributed by atoms with Crippen LogP contribution in [0.5, 0.6) is 0 Å². The number of nitrogens with zero attached hydrogens (tertiary/aromatic N) is 2. The molecule has 1 aliphatic rings. The molecule has 1 aliphatic heterocycles. The fraction of sp³-hybridized carbons (Fsp3) is 0.667. The van der Waals surface area contributed by atoms with E-state index in [9.17, 15) is 0 Å². The first-order valence-electron chi connectivity index (χ1n) is 6.15. The van der Waals surface area contributed by atoms with Gasteiger partial charge in [0.2, 0.25) is 0 Å². The van der Waals surface area contributed by atoms with E-state index in [1.54, 1.807) is 11.3 Å². The van der Waals surface area contributed by atoms with Gasteiger partial charge >= 0.3 is 0 Å². The average Bonchev–Trinajstić information content (AvgIpc) is 2.78. The second-order valence-corrected chi connectivity index (χ2v) is 6.16. The predicted octanol–water partition coefficient (Wildman–Crippen LogP) is 2.15. The monoisotopic (exact) mass is 317 g/mol. The first-order chi connectivity index (χ1) is 8.26. The van der Waals surface area contributed by atoms with Crippen LogP contribution in [0.15, 0.2) is 15.9 Å². The summed E-state index contributed by atoms with van der Waals surface area (Å²) in [6, 6.07) is 2.49. The van der Waals surface area contributed by atoms with Crippen molar-refractivity contribution in [1.29, 1.82) is 0 Å². The average molecular weight is 318 g/mol. The summed E-state index contributed by atoms with van der Waals surface area (Å²) in [6.07, 6.45) is 0. The molecule has 0 aliphatic carbocycles. The minimum absolute atomic E-state index is 0.378. The normalized spacial score (nSPS) is 20.6. The molecule has 5 heteroatoms.